The SMILES string of the molecule is CC/C=C\C/C=C\C/C=C\C/C=C\C/C=C\CCCC(=O)OC(COC(=O)CCCCCCC/C=C\C/C=C\CCCC)COC(=O)CCCCCCCCCCCCCCCCC/C=C\CCCCCCCCCC. The van der Waals surface area contributed by atoms with Crippen molar-refractivity contribution < 1.29 is 28.6 Å². The quantitative estimate of drug-likeness (QED) is 0.0261. The average molecular weight is 1060 g/mol. The lowest BCUT2D eigenvalue weighted by atomic mass is 10.0. The third kappa shape index (κ3) is 61.2. The number of carbonyl (C=O) groups excluding carboxylic acids is 3. The van der Waals surface area contributed by atoms with E-state index in [1.165, 1.54) is 161 Å². The average Bonchev–Trinajstić information content (AvgIpc) is 3.42. The summed E-state index contributed by atoms with van der Waals surface area (Å²) in [5.74, 6) is -0.969. The molecule has 0 aromatic rings. The largest absolute Gasteiger partial charge is 0.462 e. The van der Waals surface area contributed by atoms with Crippen molar-refractivity contribution in [3.8, 4) is 0 Å². The van der Waals surface area contributed by atoms with E-state index in [4.69, 9.17) is 14.2 Å². The van der Waals surface area contributed by atoms with Crippen LogP contribution in [0, 0.1) is 0 Å². The second kappa shape index (κ2) is 63.9. The van der Waals surface area contributed by atoms with E-state index in [1.807, 2.05) is 0 Å². The van der Waals surface area contributed by atoms with Gasteiger partial charge in [-0.15, -0.1) is 0 Å². The van der Waals surface area contributed by atoms with Crippen LogP contribution in [0.3, 0.4) is 0 Å². The molecule has 6 nitrogen and oxygen atoms in total. The van der Waals surface area contributed by atoms with E-state index in [-0.39, 0.29) is 37.5 Å². The van der Waals surface area contributed by atoms with E-state index >= 15 is 0 Å². The molecule has 0 radical (unpaired) electrons. The van der Waals surface area contributed by atoms with Crippen molar-refractivity contribution in [3.63, 3.8) is 0 Å². The minimum atomic E-state index is -0.814. The molecule has 0 heterocycles. The topological polar surface area (TPSA) is 78.9 Å². The zero-order valence-corrected chi connectivity index (χ0v) is 50.0. The van der Waals surface area contributed by atoms with Crippen LogP contribution in [0.1, 0.15) is 310 Å². The van der Waals surface area contributed by atoms with Gasteiger partial charge in [0.05, 0.1) is 0 Å². The normalized spacial score (nSPS) is 12.7. The van der Waals surface area contributed by atoms with Crippen molar-refractivity contribution in [3.05, 3.63) is 97.2 Å². The molecule has 0 amide bonds. The molecule has 0 fully saturated rings. The summed E-state index contributed by atoms with van der Waals surface area (Å²) in [5.41, 5.74) is 0. The highest BCUT2D eigenvalue weighted by Gasteiger charge is 2.19. The van der Waals surface area contributed by atoms with Gasteiger partial charge in [-0.05, 0) is 109 Å². The highest BCUT2D eigenvalue weighted by Crippen LogP contribution is 2.16. The summed E-state index contributed by atoms with van der Waals surface area (Å²) in [6.45, 7) is 6.45. The molecule has 0 saturated carbocycles. The monoisotopic (exact) mass is 1060 g/mol. The number of unbranched alkanes of at least 4 members (excludes halogenated alkanes) is 31. The molecular formula is C70H120O6. The number of esters is 3. The fourth-order valence-electron chi connectivity index (χ4n) is 8.96. The predicted octanol–water partition coefficient (Wildman–Crippen LogP) is 22.0. The van der Waals surface area contributed by atoms with Crippen molar-refractivity contribution in [2.45, 2.75) is 316 Å². The zero-order chi connectivity index (χ0) is 55.0. The molecule has 0 N–H and O–H groups in total. The predicted molar refractivity (Wildman–Crippen MR) is 330 cm³/mol. The lowest BCUT2D eigenvalue weighted by molar-refractivity contribution is -0.167. The first-order chi connectivity index (χ1) is 37.5. The smallest absolute Gasteiger partial charge is 0.306 e. The maximum atomic E-state index is 12.9. The summed E-state index contributed by atoms with van der Waals surface area (Å²) in [5, 5.41) is 0. The Balaban J connectivity index is 4.33. The Morgan fingerprint density at radius 3 is 0.895 bits per heavy atom. The summed E-state index contributed by atoms with van der Waals surface area (Å²) in [6.07, 6.45) is 85.7. The van der Waals surface area contributed by atoms with E-state index in [9.17, 15) is 14.4 Å². The van der Waals surface area contributed by atoms with Gasteiger partial charge in [0.25, 0.3) is 0 Å². The molecule has 6 heteroatoms. The molecule has 0 aromatic carbocycles. The number of rotatable bonds is 58. The lowest BCUT2D eigenvalue weighted by Gasteiger charge is -2.18. The van der Waals surface area contributed by atoms with Crippen LogP contribution in [0.4, 0.5) is 0 Å². The summed E-state index contributed by atoms with van der Waals surface area (Å²) in [7, 11) is 0. The molecule has 436 valence electrons. The van der Waals surface area contributed by atoms with Crippen molar-refractivity contribution >= 4 is 17.9 Å². The molecule has 0 bridgehead atoms. The second-order valence-corrected chi connectivity index (χ2v) is 21.3. The van der Waals surface area contributed by atoms with Crippen LogP contribution >= 0.6 is 0 Å². The maximum absolute atomic E-state index is 12.9. The van der Waals surface area contributed by atoms with Crippen molar-refractivity contribution in [1.29, 1.82) is 0 Å². The molecular weight excluding hydrogens is 937 g/mol. The number of ether oxygens (including phenoxy) is 3. The molecule has 0 saturated heterocycles. The van der Waals surface area contributed by atoms with Crippen LogP contribution in [0.15, 0.2) is 97.2 Å². The highest BCUT2D eigenvalue weighted by atomic mass is 16.6. The van der Waals surface area contributed by atoms with Gasteiger partial charge in [0, 0.05) is 19.3 Å². The fraction of sp³-hybridized carbons (Fsp3) is 0.729. The van der Waals surface area contributed by atoms with Gasteiger partial charge in [-0.3, -0.25) is 14.4 Å². The van der Waals surface area contributed by atoms with Gasteiger partial charge in [0.2, 0.25) is 0 Å². The first-order valence-corrected chi connectivity index (χ1v) is 32.2. The van der Waals surface area contributed by atoms with Crippen molar-refractivity contribution in [1.82, 2.24) is 0 Å². The minimum absolute atomic E-state index is 0.104. The van der Waals surface area contributed by atoms with Crippen LogP contribution in [-0.4, -0.2) is 37.2 Å². The summed E-state index contributed by atoms with van der Waals surface area (Å²) < 4.78 is 16.9. The Morgan fingerprint density at radius 1 is 0.276 bits per heavy atom. The van der Waals surface area contributed by atoms with Gasteiger partial charge < -0.3 is 14.2 Å². The molecule has 0 aliphatic carbocycles. The molecule has 0 spiro atoms. The van der Waals surface area contributed by atoms with Gasteiger partial charge in [0.1, 0.15) is 13.2 Å². The molecule has 76 heavy (non-hydrogen) atoms. The Morgan fingerprint density at radius 2 is 0.539 bits per heavy atom. The molecule has 0 rings (SSSR count). The van der Waals surface area contributed by atoms with E-state index in [0.29, 0.717) is 19.3 Å². The molecule has 0 aromatic heterocycles. The first kappa shape index (κ1) is 72.3. The highest BCUT2D eigenvalue weighted by molar-refractivity contribution is 5.71. The third-order valence-electron chi connectivity index (χ3n) is 13.8. The molecule has 1 unspecified atom stereocenters. The van der Waals surface area contributed by atoms with Crippen LogP contribution in [0.2, 0.25) is 0 Å². The standard InChI is InChI=1S/C70H120O6/c1-4-7-10-13-16-19-22-25-28-30-31-32-33-34-35-36-37-38-39-41-42-45-48-51-54-57-60-63-69(72)75-66-67(65-74-68(71)62-59-56-53-50-47-44-27-24-21-18-15-12-9-6-3)76-70(73)64-61-58-55-52-49-46-43-40-29-26-23-20-17-14-11-8-5-2/h8,11,15,17-18,20,24,26-27,29-31,43,46,52,55,67H,4-7,9-10,12-14,16,19,21-23,25,28,32-42,44-45,47-51,53-54,56-66H2,1-3H3/b11-8-,18-15-,20-17-,27-24-,29-26-,31-30-,46-43-,55-52-. The number of carbonyl (C=O) groups is 3. The van der Waals surface area contributed by atoms with E-state index in [2.05, 4.69) is 118 Å². The second-order valence-electron chi connectivity index (χ2n) is 21.3. The van der Waals surface area contributed by atoms with Crippen molar-refractivity contribution in [2.75, 3.05) is 13.2 Å². The van der Waals surface area contributed by atoms with Gasteiger partial charge in [-0.2, -0.15) is 0 Å². The van der Waals surface area contributed by atoms with E-state index in [0.717, 1.165) is 103 Å². The Kier molecular flexibility index (Phi) is 60.8. The summed E-state index contributed by atoms with van der Waals surface area (Å²) in [4.78, 5) is 38.3. The molecule has 0 aliphatic rings. The van der Waals surface area contributed by atoms with Gasteiger partial charge in [-0.25, -0.2) is 0 Å². The van der Waals surface area contributed by atoms with Gasteiger partial charge in [-0.1, -0.05) is 279 Å². The molecule has 0 aliphatic heterocycles. The van der Waals surface area contributed by atoms with Crippen molar-refractivity contribution in [2.24, 2.45) is 0 Å². The third-order valence-corrected chi connectivity index (χ3v) is 13.8. The van der Waals surface area contributed by atoms with Crippen LogP contribution in [0.25, 0.3) is 0 Å². The van der Waals surface area contributed by atoms with Gasteiger partial charge >= 0.3 is 17.9 Å². The zero-order valence-electron chi connectivity index (χ0n) is 50.0. The number of hydrogen-bond acceptors (Lipinski definition) is 6. The minimum Gasteiger partial charge on any atom is -0.462 e. The first-order valence-electron chi connectivity index (χ1n) is 32.2. The summed E-state index contributed by atoms with van der Waals surface area (Å²) in [6, 6.07) is 0. The Hall–Kier alpha value is -3.67. The van der Waals surface area contributed by atoms with Gasteiger partial charge in [0.15, 0.2) is 6.10 Å². The van der Waals surface area contributed by atoms with Crippen LogP contribution in [-0.2, 0) is 28.6 Å². The Labute approximate surface area is 470 Å². The number of allylic oxidation sites excluding steroid dienone is 16. The van der Waals surface area contributed by atoms with Crippen LogP contribution < -0.4 is 0 Å². The Bertz CT molecular complexity index is 1490. The number of hydrogen-bond donors (Lipinski definition) is 0. The lowest BCUT2D eigenvalue weighted by Crippen LogP contribution is -2.30. The molecule has 1 atom stereocenters. The van der Waals surface area contributed by atoms with E-state index < -0.39 is 6.10 Å². The summed E-state index contributed by atoms with van der Waals surface area (Å²) >= 11 is 0. The maximum Gasteiger partial charge on any atom is 0.306 e. The fourth-order valence-corrected chi connectivity index (χ4v) is 8.96. The van der Waals surface area contributed by atoms with E-state index in [1.54, 1.807) is 0 Å². The van der Waals surface area contributed by atoms with Crippen LogP contribution in [0.5, 0.6) is 0 Å².